The van der Waals surface area contributed by atoms with E-state index >= 15 is 0 Å². The van der Waals surface area contributed by atoms with Crippen molar-refractivity contribution in [2.45, 2.75) is 66.0 Å². The van der Waals surface area contributed by atoms with E-state index in [9.17, 15) is 14.4 Å². The molecule has 7 nitrogen and oxygen atoms in total. The minimum atomic E-state index is -1.04. The van der Waals surface area contributed by atoms with Crippen LogP contribution in [0.4, 0.5) is 4.79 Å². The SMILES string of the molecule is CC(C)CC(NC(=O)OC(C)(C)C)C(=O)O.CCC(=O)OC. The number of carbonyl (C=O) groups excluding carboxylic acids is 2. The molecule has 0 radical (unpaired) electrons. The molecule has 22 heavy (non-hydrogen) atoms. The first-order valence-corrected chi connectivity index (χ1v) is 7.22. The van der Waals surface area contributed by atoms with Crippen LogP contribution in [0.3, 0.4) is 0 Å². The van der Waals surface area contributed by atoms with E-state index < -0.39 is 23.7 Å². The molecule has 1 atom stereocenters. The predicted octanol–water partition coefficient (Wildman–Crippen LogP) is 2.58. The summed E-state index contributed by atoms with van der Waals surface area (Å²) in [5.41, 5.74) is -0.620. The van der Waals surface area contributed by atoms with Crippen molar-refractivity contribution in [3.63, 3.8) is 0 Å². The smallest absolute Gasteiger partial charge is 0.408 e. The lowest BCUT2D eigenvalue weighted by molar-refractivity contribution is -0.140. The average molecular weight is 319 g/mol. The van der Waals surface area contributed by atoms with E-state index in [-0.39, 0.29) is 11.9 Å². The number of hydrogen-bond acceptors (Lipinski definition) is 5. The maximum Gasteiger partial charge on any atom is 0.408 e. The molecule has 7 heteroatoms. The average Bonchev–Trinajstić information content (AvgIpc) is 2.34. The number of methoxy groups -OCH3 is 1. The summed E-state index contributed by atoms with van der Waals surface area (Å²) in [6.07, 6.45) is 0.158. The van der Waals surface area contributed by atoms with E-state index in [0.717, 1.165) is 0 Å². The van der Waals surface area contributed by atoms with Crippen LogP contribution in [0.15, 0.2) is 0 Å². The Morgan fingerprint density at radius 3 is 1.91 bits per heavy atom. The van der Waals surface area contributed by atoms with Gasteiger partial charge in [0.2, 0.25) is 0 Å². The molecule has 1 unspecified atom stereocenters. The summed E-state index contributed by atoms with van der Waals surface area (Å²) in [6, 6.07) is -0.894. The first-order chi connectivity index (χ1) is 9.92. The van der Waals surface area contributed by atoms with Gasteiger partial charge in [0, 0.05) is 6.42 Å². The summed E-state index contributed by atoms with van der Waals surface area (Å²) >= 11 is 0. The van der Waals surface area contributed by atoms with Crippen molar-refractivity contribution >= 4 is 18.0 Å². The molecular weight excluding hydrogens is 290 g/mol. The molecule has 0 aromatic rings. The summed E-state index contributed by atoms with van der Waals surface area (Å²) in [7, 11) is 1.38. The van der Waals surface area contributed by atoms with Crippen LogP contribution in [-0.4, -0.2) is 41.9 Å². The Bertz CT molecular complexity index is 354. The van der Waals surface area contributed by atoms with Crippen LogP contribution >= 0.6 is 0 Å². The number of ether oxygens (including phenoxy) is 2. The summed E-state index contributed by atoms with van der Waals surface area (Å²) in [6.45, 7) is 10.7. The zero-order valence-corrected chi connectivity index (χ0v) is 14.6. The Morgan fingerprint density at radius 2 is 1.68 bits per heavy atom. The maximum atomic E-state index is 11.4. The highest BCUT2D eigenvalue weighted by Gasteiger charge is 2.24. The lowest BCUT2D eigenvalue weighted by Crippen LogP contribution is -2.44. The van der Waals surface area contributed by atoms with Gasteiger partial charge in [0.1, 0.15) is 11.6 Å². The zero-order chi connectivity index (χ0) is 17.9. The van der Waals surface area contributed by atoms with E-state index in [2.05, 4.69) is 10.1 Å². The van der Waals surface area contributed by atoms with Gasteiger partial charge in [-0.2, -0.15) is 0 Å². The second kappa shape index (κ2) is 10.9. The Balaban J connectivity index is 0. The highest BCUT2D eigenvalue weighted by atomic mass is 16.6. The van der Waals surface area contributed by atoms with Crippen molar-refractivity contribution < 1.29 is 29.0 Å². The Kier molecular flexibility index (Phi) is 11.1. The third kappa shape index (κ3) is 14.6. The number of esters is 1. The van der Waals surface area contributed by atoms with Gasteiger partial charge in [0.25, 0.3) is 0 Å². The van der Waals surface area contributed by atoms with Crippen molar-refractivity contribution in [1.29, 1.82) is 0 Å². The quantitative estimate of drug-likeness (QED) is 0.755. The molecule has 0 aliphatic carbocycles. The molecule has 0 aromatic heterocycles. The molecule has 0 heterocycles. The standard InChI is InChI=1S/C11H21NO4.C4H8O2/c1-7(2)6-8(9(13)14)12-10(15)16-11(3,4)5;1-3-4(5)6-2/h7-8H,6H2,1-5H3,(H,12,15)(H,13,14);3H2,1-2H3. The van der Waals surface area contributed by atoms with Gasteiger partial charge >= 0.3 is 18.0 Å². The number of hydrogen-bond donors (Lipinski definition) is 2. The molecule has 0 spiro atoms. The number of rotatable bonds is 5. The van der Waals surface area contributed by atoms with Crippen molar-refractivity contribution in [1.82, 2.24) is 5.32 Å². The van der Waals surface area contributed by atoms with Crippen molar-refractivity contribution in [3.8, 4) is 0 Å². The molecule has 0 aromatic carbocycles. The third-order valence-corrected chi connectivity index (χ3v) is 2.21. The van der Waals surface area contributed by atoms with E-state index in [0.29, 0.717) is 12.8 Å². The number of carbonyl (C=O) groups is 3. The highest BCUT2D eigenvalue weighted by molar-refractivity contribution is 5.79. The van der Waals surface area contributed by atoms with E-state index in [1.165, 1.54) is 7.11 Å². The van der Waals surface area contributed by atoms with Crippen molar-refractivity contribution in [3.05, 3.63) is 0 Å². The first-order valence-electron chi connectivity index (χ1n) is 7.22. The predicted molar refractivity (Wildman–Crippen MR) is 82.6 cm³/mol. The van der Waals surface area contributed by atoms with Crippen LogP contribution in [0.2, 0.25) is 0 Å². The summed E-state index contributed by atoms with van der Waals surface area (Å²) in [5.74, 6) is -1.01. The van der Waals surface area contributed by atoms with Gasteiger partial charge < -0.3 is 19.9 Å². The Hall–Kier alpha value is -1.79. The number of aliphatic carboxylic acids is 1. The normalized spacial score (nSPS) is 11.8. The van der Waals surface area contributed by atoms with Crippen LogP contribution in [-0.2, 0) is 19.1 Å². The molecule has 0 rings (SSSR count). The summed E-state index contributed by atoms with van der Waals surface area (Å²) < 4.78 is 9.25. The summed E-state index contributed by atoms with van der Waals surface area (Å²) in [5, 5.41) is 11.2. The van der Waals surface area contributed by atoms with Crippen LogP contribution in [0, 0.1) is 5.92 Å². The first kappa shape index (κ1) is 22.5. The van der Waals surface area contributed by atoms with Crippen molar-refractivity contribution in [2.75, 3.05) is 7.11 Å². The molecule has 0 saturated carbocycles. The maximum absolute atomic E-state index is 11.4. The highest BCUT2D eigenvalue weighted by Crippen LogP contribution is 2.09. The fraction of sp³-hybridized carbons (Fsp3) is 0.800. The Labute approximate surface area is 132 Å². The molecular formula is C15H29NO6. The summed E-state index contributed by atoms with van der Waals surface area (Å²) in [4.78, 5) is 32.2. The van der Waals surface area contributed by atoms with Gasteiger partial charge in [-0.25, -0.2) is 9.59 Å². The van der Waals surface area contributed by atoms with Crippen LogP contribution in [0.25, 0.3) is 0 Å². The number of carboxylic acids is 1. The van der Waals surface area contributed by atoms with E-state index in [4.69, 9.17) is 9.84 Å². The second-order valence-electron chi connectivity index (χ2n) is 6.10. The molecule has 0 fully saturated rings. The largest absolute Gasteiger partial charge is 0.480 e. The van der Waals surface area contributed by atoms with Crippen LogP contribution in [0.1, 0.15) is 54.4 Å². The van der Waals surface area contributed by atoms with Gasteiger partial charge in [0.15, 0.2) is 0 Å². The molecule has 0 aliphatic heterocycles. The van der Waals surface area contributed by atoms with Gasteiger partial charge in [-0.15, -0.1) is 0 Å². The minimum Gasteiger partial charge on any atom is -0.480 e. The van der Waals surface area contributed by atoms with Gasteiger partial charge in [-0.05, 0) is 33.1 Å². The number of nitrogens with one attached hydrogen (secondary N) is 1. The number of alkyl carbamates (subject to hydrolysis) is 1. The fourth-order valence-electron chi connectivity index (χ4n) is 1.29. The monoisotopic (exact) mass is 319 g/mol. The van der Waals surface area contributed by atoms with E-state index in [1.54, 1.807) is 27.7 Å². The topological polar surface area (TPSA) is 102 Å². The van der Waals surface area contributed by atoms with Gasteiger partial charge in [-0.1, -0.05) is 20.8 Å². The molecule has 2 N–H and O–H groups in total. The number of carboxylic acid groups (broad SMARTS) is 1. The number of amides is 1. The van der Waals surface area contributed by atoms with Crippen molar-refractivity contribution in [2.24, 2.45) is 5.92 Å². The van der Waals surface area contributed by atoms with Gasteiger partial charge in [0.05, 0.1) is 7.11 Å². The lowest BCUT2D eigenvalue weighted by Gasteiger charge is -2.22. The Morgan fingerprint density at radius 1 is 1.18 bits per heavy atom. The third-order valence-electron chi connectivity index (χ3n) is 2.21. The van der Waals surface area contributed by atoms with E-state index in [1.807, 2.05) is 13.8 Å². The molecule has 0 bridgehead atoms. The molecule has 1 amide bonds. The minimum absolute atomic E-state index is 0.157. The van der Waals surface area contributed by atoms with Gasteiger partial charge in [-0.3, -0.25) is 4.79 Å². The zero-order valence-electron chi connectivity index (χ0n) is 14.6. The molecule has 0 saturated heterocycles. The van der Waals surface area contributed by atoms with Crippen LogP contribution in [0.5, 0.6) is 0 Å². The molecule has 130 valence electrons. The van der Waals surface area contributed by atoms with Crippen LogP contribution < -0.4 is 5.32 Å². The second-order valence-corrected chi connectivity index (χ2v) is 6.10. The fourth-order valence-corrected chi connectivity index (χ4v) is 1.29. The lowest BCUT2D eigenvalue weighted by atomic mass is 10.0. The molecule has 0 aliphatic rings.